The van der Waals surface area contributed by atoms with Crippen LogP contribution in [0, 0.1) is 36.9 Å². The predicted octanol–water partition coefficient (Wildman–Crippen LogP) is 7.57. The van der Waals surface area contributed by atoms with Crippen molar-refractivity contribution in [3.8, 4) is 28.5 Å². The van der Waals surface area contributed by atoms with Crippen molar-refractivity contribution in [1.82, 2.24) is 0 Å². The molecule has 0 aliphatic rings. The largest absolute Gasteiger partial charge is 0.454 e. The van der Waals surface area contributed by atoms with E-state index in [4.69, 9.17) is 4.42 Å². The van der Waals surface area contributed by atoms with Crippen LogP contribution >= 0.6 is 0 Å². The van der Waals surface area contributed by atoms with Crippen LogP contribution in [0.15, 0.2) is 65.2 Å². The summed E-state index contributed by atoms with van der Waals surface area (Å²) in [7, 11) is 1.92. The van der Waals surface area contributed by atoms with Crippen LogP contribution in [0.3, 0.4) is 0 Å². The second-order valence-corrected chi connectivity index (χ2v) is 9.81. The van der Waals surface area contributed by atoms with Crippen LogP contribution < -0.4 is 4.57 Å². The van der Waals surface area contributed by atoms with Crippen molar-refractivity contribution in [3.63, 3.8) is 0 Å². The number of rotatable bonds is 4. The van der Waals surface area contributed by atoms with Gasteiger partial charge >= 0.3 is 0 Å². The molecule has 0 amide bonds. The standard InChI is InChI=1S/C31H28FN2O/c1-18(2)14-21-7-9-22(10-8-21)29-23(16-33)11-13-25-24-12-6-19(3)28(30(24)35-31(25)29)27-15-26(32)20(4)17-34(27)5/h6-13,15,17-18H,14H2,1-5H3/q+1. The molecule has 4 heteroatoms. The molecule has 0 saturated heterocycles. The summed E-state index contributed by atoms with van der Waals surface area (Å²) in [5.41, 5.74) is 8.15. The van der Waals surface area contributed by atoms with E-state index in [1.54, 1.807) is 19.2 Å². The second kappa shape index (κ2) is 8.67. The summed E-state index contributed by atoms with van der Waals surface area (Å²) in [6, 6.07) is 20.2. The van der Waals surface area contributed by atoms with Crippen molar-refractivity contribution in [3.05, 3.63) is 88.9 Å². The number of benzene rings is 3. The molecule has 35 heavy (non-hydrogen) atoms. The van der Waals surface area contributed by atoms with Gasteiger partial charge in [-0.3, -0.25) is 0 Å². The van der Waals surface area contributed by atoms with E-state index in [0.717, 1.165) is 45.1 Å². The summed E-state index contributed by atoms with van der Waals surface area (Å²) in [5, 5.41) is 11.8. The van der Waals surface area contributed by atoms with E-state index in [0.29, 0.717) is 28.2 Å². The monoisotopic (exact) mass is 463 g/mol. The minimum atomic E-state index is -0.250. The lowest BCUT2D eigenvalue weighted by Crippen LogP contribution is -2.31. The molecule has 3 aromatic carbocycles. The fourth-order valence-corrected chi connectivity index (χ4v) is 4.98. The average molecular weight is 464 g/mol. The Labute approximate surface area is 205 Å². The van der Waals surface area contributed by atoms with Crippen molar-refractivity contribution in [1.29, 1.82) is 5.26 Å². The number of pyridine rings is 1. The molecule has 5 aromatic rings. The Morgan fingerprint density at radius 3 is 2.23 bits per heavy atom. The van der Waals surface area contributed by atoms with Crippen LogP contribution in [0.1, 0.15) is 36.1 Å². The van der Waals surface area contributed by atoms with Gasteiger partial charge in [0.05, 0.1) is 17.2 Å². The molecule has 0 bridgehead atoms. The molecule has 2 heterocycles. The summed E-state index contributed by atoms with van der Waals surface area (Å²) >= 11 is 0. The number of fused-ring (bicyclic) bond motifs is 3. The van der Waals surface area contributed by atoms with Crippen molar-refractivity contribution in [2.75, 3.05) is 0 Å². The SMILES string of the molecule is Cc1c[n+](C)c(-c2c(C)ccc3c2oc2c(-c4ccc(CC(C)C)cc4)c(C#N)ccc23)cc1F. The van der Waals surface area contributed by atoms with Crippen LogP contribution in [0.2, 0.25) is 0 Å². The molecule has 2 aromatic heterocycles. The fraction of sp³-hybridized carbons (Fsp3) is 0.226. The van der Waals surface area contributed by atoms with Gasteiger partial charge in [-0.05, 0) is 55.0 Å². The first-order chi connectivity index (χ1) is 16.8. The fourth-order valence-electron chi connectivity index (χ4n) is 4.98. The minimum Gasteiger partial charge on any atom is -0.454 e. The van der Waals surface area contributed by atoms with Crippen molar-refractivity contribution in [2.24, 2.45) is 13.0 Å². The molecule has 0 N–H and O–H groups in total. The first kappa shape index (κ1) is 22.8. The topological polar surface area (TPSA) is 40.8 Å². The molecular weight excluding hydrogens is 435 g/mol. The molecule has 0 atom stereocenters. The number of furan rings is 1. The average Bonchev–Trinajstić information content (AvgIpc) is 3.20. The second-order valence-electron chi connectivity index (χ2n) is 9.81. The zero-order chi connectivity index (χ0) is 24.9. The molecule has 174 valence electrons. The van der Waals surface area contributed by atoms with Crippen LogP contribution in [-0.2, 0) is 13.5 Å². The lowest BCUT2D eigenvalue weighted by molar-refractivity contribution is -0.661. The predicted molar refractivity (Wildman–Crippen MR) is 138 cm³/mol. The Balaban J connectivity index is 1.80. The molecule has 0 aliphatic heterocycles. The van der Waals surface area contributed by atoms with Gasteiger partial charge in [0.15, 0.2) is 6.20 Å². The number of nitrogens with zero attached hydrogens (tertiary/aromatic N) is 2. The summed E-state index contributed by atoms with van der Waals surface area (Å²) < 4.78 is 23.1. The van der Waals surface area contributed by atoms with E-state index < -0.39 is 0 Å². The molecule has 0 spiro atoms. The highest BCUT2D eigenvalue weighted by Gasteiger charge is 2.24. The maximum Gasteiger partial charge on any atom is 0.219 e. The Bertz CT molecular complexity index is 1640. The normalized spacial score (nSPS) is 11.5. The van der Waals surface area contributed by atoms with Gasteiger partial charge in [-0.15, -0.1) is 0 Å². The van der Waals surface area contributed by atoms with E-state index in [1.807, 2.05) is 42.8 Å². The molecule has 0 saturated carbocycles. The maximum absolute atomic E-state index is 14.6. The van der Waals surface area contributed by atoms with Crippen molar-refractivity contribution < 1.29 is 13.4 Å². The molecule has 0 unspecified atom stereocenters. The quantitative estimate of drug-likeness (QED) is 0.258. The Hall–Kier alpha value is -3.97. The number of hydrogen-bond acceptors (Lipinski definition) is 2. The highest BCUT2D eigenvalue weighted by molar-refractivity contribution is 6.14. The van der Waals surface area contributed by atoms with Crippen LogP contribution in [0.4, 0.5) is 4.39 Å². The van der Waals surface area contributed by atoms with E-state index in [-0.39, 0.29) is 5.82 Å². The van der Waals surface area contributed by atoms with E-state index in [1.165, 1.54) is 5.56 Å². The van der Waals surface area contributed by atoms with Gasteiger partial charge in [0, 0.05) is 28.0 Å². The highest BCUT2D eigenvalue weighted by atomic mass is 19.1. The zero-order valence-corrected chi connectivity index (χ0v) is 20.7. The summed E-state index contributed by atoms with van der Waals surface area (Å²) in [5.74, 6) is 0.323. The number of hydrogen-bond donors (Lipinski definition) is 0. The van der Waals surface area contributed by atoms with Gasteiger partial charge < -0.3 is 4.42 Å². The molecule has 5 rings (SSSR count). The van der Waals surface area contributed by atoms with Crippen LogP contribution in [-0.4, -0.2) is 0 Å². The maximum atomic E-state index is 14.6. The van der Waals surface area contributed by atoms with Gasteiger partial charge in [-0.2, -0.15) is 5.26 Å². The van der Waals surface area contributed by atoms with Crippen LogP contribution in [0.25, 0.3) is 44.3 Å². The van der Waals surface area contributed by atoms with Crippen molar-refractivity contribution in [2.45, 2.75) is 34.1 Å². The van der Waals surface area contributed by atoms with Gasteiger partial charge in [-0.1, -0.05) is 50.2 Å². The lowest BCUT2D eigenvalue weighted by Gasteiger charge is -2.08. The first-order valence-corrected chi connectivity index (χ1v) is 11.9. The van der Waals surface area contributed by atoms with Crippen molar-refractivity contribution >= 4 is 21.9 Å². The lowest BCUT2D eigenvalue weighted by atomic mass is 9.94. The number of aromatic nitrogens is 1. The third-order valence-corrected chi connectivity index (χ3v) is 6.69. The van der Waals surface area contributed by atoms with Gasteiger partial charge in [-0.25, -0.2) is 8.96 Å². The smallest absolute Gasteiger partial charge is 0.219 e. The van der Waals surface area contributed by atoms with Gasteiger partial charge in [0.1, 0.15) is 24.0 Å². The third kappa shape index (κ3) is 3.88. The Morgan fingerprint density at radius 2 is 1.57 bits per heavy atom. The number of aryl methyl sites for hydroxylation is 3. The first-order valence-electron chi connectivity index (χ1n) is 11.9. The zero-order valence-electron chi connectivity index (χ0n) is 20.7. The highest BCUT2D eigenvalue weighted by Crippen LogP contribution is 2.42. The summed E-state index contributed by atoms with van der Waals surface area (Å²) in [6.07, 6.45) is 2.80. The molecular formula is C31H28FN2O+. The third-order valence-electron chi connectivity index (χ3n) is 6.69. The van der Waals surface area contributed by atoms with E-state index in [9.17, 15) is 9.65 Å². The molecule has 0 fully saturated rings. The Morgan fingerprint density at radius 1 is 0.914 bits per heavy atom. The Kier molecular flexibility index (Phi) is 5.65. The van der Waals surface area contributed by atoms with E-state index in [2.05, 4.69) is 44.2 Å². The number of halogens is 1. The van der Waals surface area contributed by atoms with Gasteiger partial charge in [0.2, 0.25) is 5.69 Å². The molecule has 3 nitrogen and oxygen atoms in total. The molecule has 0 aliphatic carbocycles. The molecule has 0 radical (unpaired) electrons. The minimum absolute atomic E-state index is 0.250. The number of nitriles is 1. The van der Waals surface area contributed by atoms with Crippen LogP contribution in [0.5, 0.6) is 0 Å². The van der Waals surface area contributed by atoms with E-state index >= 15 is 0 Å². The summed E-state index contributed by atoms with van der Waals surface area (Å²) in [4.78, 5) is 0. The summed E-state index contributed by atoms with van der Waals surface area (Å²) in [6.45, 7) is 8.18. The van der Waals surface area contributed by atoms with Gasteiger partial charge in [0.25, 0.3) is 0 Å².